The van der Waals surface area contributed by atoms with Gasteiger partial charge < -0.3 is 24.1 Å². The predicted octanol–water partition coefficient (Wildman–Crippen LogP) is 4.57. The van der Waals surface area contributed by atoms with Crippen LogP contribution in [0.4, 0.5) is 0 Å². The number of rotatable bonds is 12. The summed E-state index contributed by atoms with van der Waals surface area (Å²) in [5, 5.41) is 2.99. The average Bonchev–Trinajstić information content (AvgIpc) is 3.28. The van der Waals surface area contributed by atoms with Gasteiger partial charge in [-0.25, -0.2) is 4.98 Å². The number of benzene rings is 2. The molecule has 0 saturated heterocycles. The molecule has 7 nitrogen and oxygen atoms in total. The Kier molecular flexibility index (Phi) is 8.54. The fourth-order valence-corrected chi connectivity index (χ4v) is 3.41. The number of carbonyl (C=O) groups excluding carboxylic acids is 1. The summed E-state index contributed by atoms with van der Waals surface area (Å²) in [4.78, 5) is 17.3. The first-order valence-electron chi connectivity index (χ1n) is 11.1. The molecule has 0 unspecified atom stereocenters. The fraction of sp³-hybridized carbons (Fsp3) is 0.360. The Morgan fingerprint density at radius 2 is 1.62 bits per heavy atom. The van der Waals surface area contributed by atoms with E-state index in [-0.39, 0.29) is 5.91 Å². The van der Waals surface area contributed by atoms with E-state index in [9.17, 15) is 4.79 Å². The first kappa shape index (κ1) is 23.2. The lowest BCUT2D eigenvalue weighted by Crippen LogP contribution is -2.25. The van der Waals surface area contributed by atoms with Crippen molar-refractivity contribution >= 4 is 5.91 Å². The number of aromatic nitrogens is 2. The first-order chi connectivity index (χ1) is 15.7. The summed E-state index contributed by atoms with van der Waals surface area (Å²) < 4.78 is 19.2. The standard InChI is InChI=1S/C25H31N3O4/c1-4-30-21-17-20(18-22(31-5-2)23(21)32-6-3)25(29)27-13-10-15-28-16-14-26-24(28)19-11-8-7-9-12-19/h7-9,11-12,14,16-18H,4-6,10,13,15H2,1-3H3,(H,27,29). The SMILES string of the molecule is CCOc1cc(C(=O)NCCCn2ccnc2-c2ccccc2)cc(OCC)c1OCC. The molecule has 0 aliphatic carbocycles. The number of carbonyl (C=O) groups is 1. The number of imidazole rings is 1. The molecule has 32 heavy (non-hydrogen) atoms. The predicted molar refractivity (Wildman–Crippen MR) is 125 cm³/mol. The summed E-state index contributed by atoms with van der Waals surface area (Å²) >= 11 is 0. The minimum Gasteiger partial charge on any atom is -0.490 e. The number of ether oxygens (including phenoxy) is 3. The second kappa shape index (κ2) is 11.8. The molecule has 0 fully saturated rings. The zero-order valence-electron chi connectivity index (χ0n) is 19.0. The molecule has 7 heteroatoms. The van der Waals surface area contributed by atoms with Crippen molar-refractivity contribution in [1.29, 1.82) is 0 Å². The van der Waals surface area contributed by atoms with Gasteiger partial charge in [-0.15, -0.1) is 0 Å². The molecular weight excluding hydrogens is 406 g/mol. The van der Waals surface area contributed by atoms with Gasteiger partial charge in [-0.3, -0.25) is 4.79 Å². The normalized spacial score (nSPS) is 10.6. The van der Waals surface area contributed by atoms with Gasteiger partial charge in [0.15, 0.2) is 11.5 Å². The summed E-state index contributed by atoms with van der Waals surface area (Å²) in [6.45, 7) is 8.37. The van der Waals surface area contributed by atoms with Crippen LogP contribution in [-0.2, 0) is 6.54 Å². The van der Waals surface area contributed by atoms with E-state index in [2.05, 4.69) is 14.9 Å². The van der Waals surface area contributed by atoms with Gasteiger partial charge in [-0.1, -0.05) is 30.3 Å². The zero-order valence-corrected chi connectivity index (χ0v) is 19.0. The van der Waals surface area contributed by atoms with E-state index in [0.717, 1.165) is 24.4 Å². The topological polar surface area (TPSA) is 74.6 Å². The minimum atomic E-state index is -0.177. The maximum atomic E-state index is 12.8. The van der Waals surface area contributed by atoms with E-state index in [1.165, 1.54) is 0 Å². The van der Waals surface area contributed by atoms with Crippen LogP contribution in [0.2, 0.25) is 0 Å². The number of nitrogens with one attached hydrogen (secondary N) is 1. The Bertz CT molecular complexity index is 974. The Hall–Kier alpha value is -3.48. The molecule has 0 bridgehead atoms. The van der Waals surface area contributed by atoms with Crippen LogP contribution in [-0.4, -0.2) is 41.8 Å². The quantitative estimate of drug-likeness (QED) is 0.420. The Morgan fingerprint density at radius 1 is 0.969 bits per heavy atom. The first-order valence-corrected chi connectivity index (χ1v) is 11.1. The molecule has 1 aromatic heterocycles. The zero-order chi connectivity index (χ0) is 22.8. The maximum Gasteiger partial charge on any atom is 0.251 e. The smallest absolute Gasteiger partial charge is 0.251 e. The third-order valence-corrected chi connectivity index (χ3v) is 4.78. The van der Waals surface area contributed by atoms with Crippen molar-refractivity contribution < 1.29 is 19.0 Å². The second-order valence-electron chi connectivity index (χ2n) is 7.02. The van der Waals surface area contributed by atoms with Gasteiger partial charge >= 0.3 is 0 Å². The van der Waals surface area contributed by atoms with E-state index in [1.54, 1.807) is 18.3 Å². The van der Waals surface area contributed by atoms with Crippen LogP contribution >= 0.6 is 0 Å². The van der Waals surface area contributed by atoms with E-state index in [4.69, 9.17) is 14.2 Å². The molecular formula is C25H31N3O4. The van der Waals surface area contributed by atoms with Crippen LogP contribution < -0.4 is 19.5 Å². The summed E-state index contributed by atoms with van der Waals surface area (Å²) in [7, 11) is 0. The van der Waals surface area contributed by atoms with Gasteiger partial charge in [0.25, 0.3) is 5.91 Å². The second-order valence-corrected chi connectivity index (χ2v) is 7.02. The van der Waals surface area contributed by atoms with Crippen LogP contribution in [0.3, 0.4) is 0 Å². The highest BCUT2D eigenvalue weighted by molar-refractivity contribution is 5.95. The van der Waals surface area contributed by atoms with Crippen LogP contribution in [0.1, 0.15) is 37.6 Å². The van der Waals surface area contributed by atoms with Crippen molar-refractivity contribution in [2.24, 2.45) is 0 Å². The molecule has 0 radical (unpaired) electrons. The number of aryl methyl sites for hydroxylation is 1. The summed E-state index contributed by atoms with van der Waals surface area (Å²) in [5.74, 6) is 2.30. The Balaban J connectivity index is 1.63. The highest BCUT2D eigenvalue weighted by Gasteiger charge is 2.18. The van der Waals surface area contributed by atoms with Crippen LogP contribution in [0, 0.1) is 0 Å². The molecule has 170 valence electrons. The highest BCUT2D eigenvalue weighted by Crippen LogP contribution is 2.39. The third kappa shape index (κ3) is 5.81. The van der Waals surface area contributed by atoms with Gasteiger partial charge in [-0.2, -0.15) is 0 Å². The molecule has 0 spiro atoms. The molecule has 0 saturated carbocycles. The average molecular weight is 438 g/mol. The molecule has 3 rings (SSSR count). The lowest BCUT2D eigenvalue weighted by Gasteiger charge is -2.17. The molecule has 1 amide bonds. The van der Waals surface area contributed by atoms with Crippen molar-refractivity contribution in [3.8, 4) is 28.6 Å². The van der Waals surface area contributed by atoms with Crippen molar-refractivity contribution in [3.05, 3.63) is 60.4 Å². The fourth-order valence-electron chi connectivity index (χ4n) is 3.41. The van der Waals surface area contributed by atoms with Gasteiger partial charge in [-0.05, 0) is 39.3 Å². The molecule has 1 N–H and O–H groups in total. The number of nitrogens with zero attached hydrogens (tertiary/aromatic N) is 2. The van der Waals surface area contributed by atoms with Gasteiger partial charge in [0, 0.05) is 36.6 Å². The van der Waals surface area contributed by atoms with E-state index < -0.39 is 0 Å². The third-order valence-electron chi connectivity index (χ3n) is 4.78. The largest absolute Gasteiger partial charge is 0.490 e. The van der Waals surface area contributed by atoms with E-state index in [0.29, 0.717) is 49.2 Å². The maximum absolute atomic E-state index is 12.8. The summed E-state index contributed by atoms with van der Waals surface area (Å²) in [5.41, 5.74) is 1.55. The molecule has 0 aliphatic rings. The summed E-state index contributed by atoms with van der Waals surface area (Å²) in [6.07, 6.45) is 4.53. The molecule has 0 atom stereocenters. The highest BCUT2D eigenvalue weighted by atomic mass is 16.5. The summed E-state index contributed by atoms with van der Waals surface area (Å²) in [6, 6.07) is 13.5. The van der Waals surface area contributed by atoms with Crippen LogP contribution in [0.15, 0.2) is 54.9 Å². The lowest BCUT2D eigenvalue weighted by atomic mass is 10.1. The van der Waals surface area contributed by atoms with E-state index in [1.807, 2.05) is 57.3 Å². The number of hydrogen-bond donors (Lipinski definition) is 1. The lowest BCUT2D eigenvalue weighted by molar-refractivity contribution is 0.0951. The molecule has 1 heterocycles. The van der Waals surface area contributed by atoms with Crippen LogP contribution in [0.25, 0.3) is 11.4 Å². The minimum absolute atomic E-state index is 0.177. The number of hydrogen-bond acceptors (Lipinski definition) is 5. The number of amides is 1. The monoisotopic (exact) mass is 437 g/mol. The van der Waals surface area contributed by atoms with Gasteiger partial charge in [0.2, 0.25) is 5.75 Å². The van der Waals surface area contributed by atoms with Gasteiger partial charge in [0.1, 0.15) is 5.82 Å². The molecule has 2 aromatic carbocycles. The van der Waals surface area contributed by atoms with E-state index >= 15 is 0 Å². The molecule has 3 aromatic rings. The van der Waals surface area contributed by atoms with Crippen molar-refractivity contribution in [2.75, 3.05) is 26.4 Å². The Labute approximate surface area is 189 Å². The van der Waals surface area contributed by atoms with Crippen molar-refractivity contribution in [3.63, 3.8) is 0 Å². The Morgan fingerprint density at radius 3 is 2.25 bits per heavy atom. The molecule has 0 aliphatic heterocycles. The van der Waals surface area contributed by atoms with Crippen molar-refractivity contribution in [2.45, 2.75) is 33.7 Å². The van der Waals surface area contributed by atoms with Gasteiger partial charge in [0.05, 0.1) is 19.8 Å². The van der Waals surface area contributed by atoms with Crippen LogP contribution in [0.5, 0.6) is 17.2 Å². The van der Waals surface area contributed by atoms with Crippen molar-refractivity contribution in [1.82, 2.24) is 14.9 Å².